The molecule has 4 nitrogen and oxygen atoms in total. The first kappa shape index (κ1) is 17.7. The van der Waals surface area contributed by atoms with Crippen molar-refractivity contribution in [3.63, 3.8) is 0 Å². The standard InChI is InChI=1S/C18H28N2O2Si/c1-12(2)23(13(3)4,14(5)6)20-9-8-15-16(11-21)17(22-7)10-19-18(15)20/h8-14H,1-7H3. The molecule has 2 aromatic heterocycles. The van der Waals surface area contributed by atoms with Gasteiger partial charge in [-0.05, 0) is 28.9 Å². The molecule has 0 unspecified atom stereocenters. The predicted molar refractivity (Wildman–Crippen MR) is 98.1 cm³/mol. The van der Waals surface area contributed by atoms with Gasteiger partial charge >= 0.3 is 0 Å². The Balaban J connectivity index is 2.84. The van der Waals surface area contributed by atoms with Crippen LogP contribution >= 0.6 is 0 Å². The van der Waals surface area contributed by atoms with Gasteiger partial charge in [0.05, 0.1) is 18.9 Å². The molecule has 0 amide bonds. The number of carbonyl (C=O) groups is 1. The molecule has 0 saturated carbocycles. The minimum absolute atomic E-state index is 0.538. The highest BCUT2D eigenvalue weighted by molar-refractivity contribution is 6.82. The van der Waals surface area contributed by atoms with Crippen LogP contribution in [0, 0.1) is 0 Å². The molecule has 0 saturated heterocycles. The summed E-state index contributed by atoms with van der Waals surface area (Å²) in [4.78, 5) is 16.2. The molecule has 2 aromatic rings. The molecule has 126 valence electrons. The molecule has 0 aliphatic carbocycles. The van der Waals surface area contributed by atoms with Gasteiger partial charge in [0.1, 0.15) is 11.4 Å². The number of aromatic nitrogens is 2. The molecule has 23 heavy (non-hydrogen) atoms. The van der Waals surface area contributed by atoms with E-state index in [1.165, 1.54) is 0 Å². The number of carbonyl (C=O) groups excluding carboxylic acids is 1. The largest absolute Gasteiger partial charge is 0.494 e. The van der Waals surface area contributed by atoms with Crippen molar-refractivity contribution >= 4 is 25.6 Å². The van der Waals surface area contributed by atoms with E-state index in [0.717, 1.165) is 17.3 Å². The Hall–Kier alpha value is -1.62. The molecule has 2 rings (SSSR count). The Labute approximate surface area is 140 Å². The number of hydrogen-bond acceptors (Lipinski definition) is 3. The minimum atomic E-state index is -1.88. The van der Waals surface area contributed by atoms with Gasteiger partial charge in [-0.25, -0.2) is 4.98 Å². The average Bonchev–Trinajstić information content (AvgIpc) is 2.90. The maximum atomic E-state index is 11.6. The zero-order valence-corrected chi connectivity index (χ0v) is 16.3. The van der Waals surface area contributed by atoms with Crippen LogP contribution in [-0.2, 0) is 0 Å². The van der Waals surface area contributed by atoms with Crippen LogP contribution in [0.2, 0.25) is 16.6 Å². The molecule has 0 aliphatic heterocycles. The van der Waals surface area contributed by atoms with Crippen LogP contribution in [0.4, 0.5) is 0 Å². The highest BCUT2D eigenvalue weighted by Crippen LogP contribution is 2.44. The third kappa shape index (κ3) is 2.51. The fourth-order valence-corrected chi connectivity index (χ4v) is 11.1. The first-order valence-electron chi connectivity index (χ1n) is 8.31. The summed E-state index contributed by atoms with van der Waals surface area (Å²) in [6, 6.07) is 2.02. The number of hydrogen-bond donors (Lipinski definition) is 0. The summed E-state index contributed by atoms with van der Waals surface area (Å²) in [6.07, 6.45) is 4.68. The van der Waals surface area contributed by atoms with Gasteiger partial charge in [-0.3, -0.25) is 4.79 Å². The summed E-state index contributed by atoms with van der Waals surface area (Å²) < 4.78 is 7.70. The van der Waals surface area contributed by atoms with E-state index in [2.05, 4.69) is 57.0 Å². The van der Waals surface area contributed by atoms with E-state index >= 15 is 0 Å². The number of rotatable bonds is 6. The van der Waals surface area contributed by atoms with E-state index in [0.29, 0.717) is 27.9 Å². The Bertz CT molecular complexity index is 683. The van der Waals surface area contributed by atoms with Gasteiger partial charge in [0.2, 0.25) is 0 Å². The van der Waals surface area contributed by atoms with Gasteiger partial charge in [0.25, 0.3) is 0 Å². The minimum Gasteiger partial charge on any atom is -0.494 e. The van der Waals surface area contributed by atoms with Crippen molar-refractivity contribution in [1.29, 1.82) is 0 Å². The second kappa shape index (κ2) is 6.47. The number of aldehydes is 1. The molecule has 0 bridgehead atoms. The molecule has 2 heterocycles. The molecular weight excluding hydrogens is 304 g/mol. The smallest absolute Gasteiger partial charge is 0.171 e. The molecular formula is C18H28N2O2Si. The van der Waals surface area contributed by atoms with Crippen LogP contribution in [0.15, 0.2) is 18.5 Å². The monoisotopic (exact) mass is 332 g/mol. The highest BCUT2D eigenvalue weighted by Gasteiger charge is 2.46. The summed E-state index contributed by atoms with van der Waals surface area (Å²) in [5.41, 5.74) is 3.22. The zero-order chi connectivity index (χ0) is 17.4. The van der Waals surface area contributed by atoms with Crippen LogP contribution < -0.4 is 4.74 Å². The van der Waals surface area contributed by atoms with Crippen LogP contribution in [0.3, 0.4) is 0 Å². The van der Waals surface area contributed by atoms with E-state index < -0.39 is 8.24 Å². The van der Waals surface area contributed by atoms with Gasteiger partial charge in [0, 0.05) is 5.39 Å². The molecule has 0 spiro atoms. The first-order chi connectivity index (χ1) is 10.8. The predicted octanol–water partition coefficient (Wildman–Crippen LogP) is 4.88. The maximum absolute atomic E-state index is 11.6. The molecule has 0 atom stereocenters. The Kier molecular flexibility index (Phi) is 4.99. The zero-order valence-electron chi connectivity index (χ0n) is 15.3. The summed E-state index contributed by atoms with van der Waals surface area (Å²) in [6.45, 7) is 13.9. The van der Waals surface area contributed by atoms with Gasteiger partial charge in [-0.15, -0.1) is 0 Å². The van der Waals surface area contributed by atoms with Gasteiger partial charge in [-0.1, -0.05) is 41.5 Å². The Morgan fingerprint density at radius 3 is 2.13 bits per heavy atom. The summed E-state index contributed by atoms with van der Waals surface area (Å²) in [7, 11) is -0.310. The van der Waals surface area contributed by atoms with Crippen LogP contribution in [0.5, 0.6) is 5.75 Å². The first-order valence-corrected chi connectivity index (χ1v) is 10.5. The lowest BCUT2D eigenvalue weighted by Crippen LogP contribution is -2.51. The van der Waals surface area contributed by atoms with E-state index in [4.69, 9.17) is 4.74 Å². The summed E-state index contributed by atoms with van der Waals surface area (Å²) in [5, 5.41) is 0.887. The molecule has 0 aliphatic rings. The van der Waals surface area contributed by atoms with E-state index in [1.807, 2.05) is 6.07 Å². The second-order valence-corrected chi connectivity index (χ2v) is 12.9. The highest BCUT2D eigenvalue weighted by atomic mass is 28.3. The number of ether oxygens (including phenoxy) is 1. The lowest BCUT2D eigenvalue weighted by atomic mass is 10.2. The average molecular weight is 333 g/mol. The third-order valence-electron chi connectivity index (χ3n) is 5.25. The Morgan fingerprint density at radius 2 is 1.70 bits per heavy atom. The van der Waals surface area contributed by atoms with Crippen molar-refractivity contribution in [1.82, 2.24) is 9.22 Å². The van der Waals surface area contributed by atoms with Crippen molar-refractivity contribution in [2.24, 2.45) is 0 Å². The van der Waals surface area contributed by atoms with Crippen LogP contribution in [-0.4, -0.2) is 30.8 Å². The summed E-state index contributed by atoms with van der Waals surface area (Å²) >= 11 is 0. The third-order valence-corrected chi connectivity index (χ3v) is 12.0. The quantitative estimate of drug-likeness (QED) is 0.559. The molecule has 0 N–H and O–H groups in total. The van der Waals surface area contributed by atoms with Crippen LogP contribution in [0.1, 0.15) is 51.9 Å². The molecule has 0 aromatic carbocycles. The van der Waals surface area contributed by atoms with E-state index in [1.54, 1.807) is 13.3 Å². The van der Waals surface area contributed by atoms with Gasteiger partial charge < -0.3 is 8.97 Å². The molecule has 0 radical (unpaired) electrons. The fraction of sp³-hybridized carbons (Fsp3) is 0.556. The Morgan fingerprint density at radius 1 is 1.13 bits per heavy atom. The van der Waals surface area contributed by atoms with Crippen molar-refractivity contribution < 1.29 is 9.53 Å². The lowest BCUT2D eigenvalue weighted by Gasteiger charge is -2.44. The topological polar surface area (TPSA) is 44.1 Å². The summed E-state index contributed by atoms with van der Waals surface area (Å²) in [5.74, 6) is 0.538. The molecule has 0 fully saturated rings. The van der Waals surface area contributed by atoms with Crippen molar-refractivity contribution in [3.05, 3.63) is 24.0 Å². The SMILES string of the molecule is COc1cnc2c(ccn2[Si](C(C)C)(C(C)C)C(C)C)c1C=O. The van der Waals surface area contributed by atoms with Crippen LogP contribution in [0.25, 0.3) is 11.0 Å². The van der Waals surface area contributed by atoms with Crippen molar-refractivity contribution in [2.75, 3.05) is 7.11 Å². The van der Waals surface area contributed by atoms with Crippen molar-refractivity contribution in [2.45, 2.75) is 58.2 Å². The van der Waals surface area contributed by atoms with E-state index in [-0.39, 0.29) is 0 Å². The number of methoxy groups -OCH3 is 1. The number of fused-ring (bicyclic) bond motifs is 1. The number of nitrogens with zero attached hydrogens (tertiary/aromatic N) is 2. The maximum Gasteiger partial charge on any atom is 0.171 e. The normalized spacial score (nSPS) is 12.6. The van der Waals surface area contributed by atoms with Gasteiger partial charge in [-0.2, -0.15) is 0 Å². The molecule has 5 heteroatoms. The van der Waals surface area contributed by atoms with Gasteiger partial charge in [0.15, 0.2) is 14.5 Å². The second-order valence-electron chi connectivity index (χ2n) is 7.13. The fourth-order valence-electron chi connectivity index (χ4n) is 4.52. The van der Waals surface area contributed by atoms with E-state index in [9.17, 15) is 4.79 Å². The lowest BCUT2D eigenvalue weighted by molar-refractivity contribution is 0.112. The van der Waals surface area contributed by atoms with Crippen molar-refractivity contribution in [3.8, 4) is 5.75 Å². The number of pyridine rings is 1.